The number of esters is 1. The summed E-state index contributed by atoms with van der Waals surface area (Å²) < 4.78 is 4.62. The van der Waals surface area contributed by atoms with Gasteiger partial charge in [-0.25, -0.2) is 0 Å². The molecule has 0 atom stereocenters. The van der Waals surface area contributed by atoms with Crippen LogP contribution in [0.3, 0.4) is 0 Å². The zero-order valence-corrected chi connectivity index (χ0v) is 16.3. The number of hydrogen-bond acceptors (Lipinski definition) is 4. The van der Waals surface area contributed by atoms with E-state index in [1.54, 1.807) is 4.90 Å². The lowest BCUT2D eigenvalue weighted by molar-refractivity contribution is -0.143. The van der Waals surface area contributed by atoms with Gasteiger partial charge in [0, 0.05) is 30.7 Å². The van der Waals surface area contributed by atoms with Crippen molar-refractivity contribution in [3.05, 3.63) is 82.9 Å². The fourth-order valence-electron chi connectivity index (χ4n) is 3.19. The van der Waals surface area contributed by atoms with Gasteiger partial charge in [-0.2, -0.15) is 0 Å². The second-order valence-electron chi connectivity index (χ2n) is 6.82. The summed E-state index contributed by atoms with van der Waals surface area (Å²) in [6.07, 6.45) is 3.72. The third kappa shape index (κ3) is 5.51. The zero-order chi connectivity index (χ0) is 20.6. The summed E-state index contributed by atoms with van der Waals surface area (Å²) in [6, 6.07) is 19.1. The number of piperidine rings is 1. The molecule has 5 nitrogen and oxygen atoms in total. The highest BCUT2D eigenvalue weighted by Gasteiger charge is 2.29. The van der Waals surface area contributed by atoms with Crippen molar-refractivity contribution >= 4 is 29.8 Å². The Kier molecular flexibility index (Phi) is 6.74. The fourth-order valence-corrected chi connectivity index (χ4v) is 3.19. The highest BCUT2D eigenvalue weighted by Crippen LogP contribution is 2.23. The summed E-state index contributed by atoms with van der Waals surface area (Å²) in [4.78, 5) is 38.8. The summed E-state index contributed by atoms with van der Waals surface area (Å²) in [5.74, 6) is -0.665. The van der Waals surface area contributed by atoms with Crippen molar-refractivity contribution in [1.29, 1.82) is 0 Å². The van der Waals surface area contributed by atoms with Gasteiger partial charge in [0.2, 0.25) is 5.91 Å². The minimum absolute atomic E-state index is 0.0231. The van der Waals surface area contributed by atoms with Crippen molar-refractivity contribution in [2.24, 2.45) is 0 Å². The van der Waals surface area contributed by atoms with E-state index in [-0.39, 0.29) is 37.6 Å². The number of likely N-dealkylation sites (tertiary alicyclic amines) is 1. The van der Waals surface area contributed by atoms with Crippen LogP contribution in [0.5, 0.6) is 0 Å². The van der Waals surface area contributed by atoms with Crippen LogP contribution in [-0.4, -0.2) is 42.8 Å². The molecule has 3 rings (SSSR count). The average Bonchev–Trinajstić information content (AvgIpc) is 2.75. The Labute approximate surface area is 170 Å². The average molecular weight is 389 g/mol. The van der Waals surface area contributed by atoms with Crippen LogP contribution < -0.4 is 0 Å². The number of ketones is 1. The molecule has 0 radical (unpaired) electrons. The van der Waals surface area contributed by atoms with Gasteiger partial charge in [0.25, 0.3) is 0 Å². The Bertz CT molecular complexity index is 884. The molecule has 0 N–H and O–H groups in total. The number of methoxy groups -OCH3 is 1. The molecule has 5 heteroatoms. The van der Waals surface area contributed by atoms with Crippen LogP contribution in [0.4, 0.5) is 0 Å². The molecule has 1 heterocycles. The monoisotopic (exact) mass is 389 g/mol. The van der Waals surface area contributed by atoms with E-state index in [4.69, 9.17) is 0 Å². The van der Waals surface area contributed by atoms with Crippen LogP contribution in [0.2, 0.25) is 0 Å². The van der Waals surface area contributed by atoms with Gasteiger partial charge < -0.3 is 9.64 Å². The van der Waals surface area contributed by atoms with E-state index in [1.807, 2.05) is 72.8 Å². The van der Waals surface area contributed by atoms with Crippen molar-refractivity contribution in [1.82, 2.24) is 4.90 Å². The number of nitrogens with zero attached hydrogens (tertiary/aromatic N) is 1. The molecular formula is C24H23NO4. The predicted molar refractivity (Wildman–Crippen MR) is 112 cm³/mol. The van der Waals surface area contributed by atoms with E-state index in [0.717, 1.165) is 11.1 Å². The smallest absolute Gasteiger partial charge is 0.306 e. The van der Waals surface area contributed by atoms with Crippen molar-refractivity contribution < 1.29 is 19.1 Å². The third-order valence-corrected chi connectivity index (χ3v) is 4.71. The topological polar surface area (TPSA) is 63.7 Å². The highest BCUT2D eigenvalue weighted by atomic mass is 16.5. The second-order valence-corrected chi connectivity index (χ2v) is 6.82. The number of hydrogen-bond donors (Lipinski definition) is 0. The summed E-state index contributed by atoms with van der Waals surface area (Å²) in [6.45, 7) is 0.444. The zero-order valence-electron chi connectivity index (χ0n) is 16.3. The predicted octanol–water partition coefficient (Wildman–Crippen LogP) is 3.52. The third-order valence-electron chi connectivity index (χ3n) is 4.71. The summed E-state index contributed by atoms with van der Waals surface area (Å²) in [5, 5.41) is 0. The Morgan fingerprint density at radius 2 is 1.34 bits per heavy atom. The molecule has 1 aliphatic rings. The Morgan fingerprint density at radius 1 is 0.862 bits per heavy atom. The van der Waals surface area contributed by atoms with Crippen molar-refractivity contribution in [3.8, 4) is 0 Å². The van der Waals surface area contributed by atoms with E-state index < -0.39 is 5.97 Å². The number of benzene rings is 2. The lowest BCUT2D eigenvalue weighted by atomic mass is 9.94. The Balaban J connectivity index is 1.89. The minimum atomic E-state index is -0.425. The molecule has 1 fully saturated rings. The van der Waals surface area contributed by atoms with Crippen LogP contribution in [0.15, 0.2) is 71.8 Å². The van der Waals surface area contributed by atoms with E-state index in [0.29, 0.717) is 11.1 Å². The van der Waals surface area contributed by atoms with Crippen LogP contribution in [-0.2, 0) is 19.1 Å². The molecule has 0 spiro atoms. The van der Waals surface area contributed by atoms with E-state index >= 15 is 0 Å². The molecular weight excluding hydrogens is 366 g/mol. The quantitative estimate of drug-likeness (QED) is 0.580. The largest absolute Gasteiger partial charge is 0.469 e. The number of ether oxygens (including phenoxy) is 1. The standard InChI is InChI=1S/C24H23NO4/c1-29-23(27)13-12-22(26)25-16-20(14-18-8-4-2-5-9-18)24(28)21(17-25)15-19-10-6-3-7-11-19/h2-11,14-15H,12-13,16-17H2,1H3/b20-14-,21-15+. The minimum Gasteiger partial charge on any atom is -0.469 e. The molecule has 148 valence electrons. The van der Waals surface area contributed by atoms with E-state index in [2.05, 4.69) is 4.74 Å². The molecule has 0 unspecified atom stereocenters. The Hall–Kier alpha value is -3.47. The van der Waals surface area contributed by atoms with E-state index in [9.17, 15) is 14.4 Å². The summed E-state index contributed by atoms with van der Waals surface area (Å²) in [7, 11) is 1.30. The fraction of sp³-hybridized carbons (Fsp3) is 0.208. The molecule has 1 aliphatic heterocycles. The lowest BCUT2D eigenvalue weighted by Gasteiger charge is -2.30. The summed E-state index contributed by atoms with van der Waals surface area (Å²) in [5.41, 5.74) is 2.91. The first-order valence-corrected chi connectivity index (χ1v) is 9.47. The Morgan fingerprint density at radius 3 is 1.79 bits per heavy atom. The molecule has 2 aromatic carbocycles. The molecule has 0 aromatic heterocycles. The molecule has 1 amide bonds. The van der Waals surface area contributed by atoms with Crippen LogP contribution in [0.25, 0.3) is 12.2 Å². The maximum atomic E-state index is 13.1. The van der Waals surface area contributed by atoms with Gasteiger partial charge in [0.15, 0.2) is 5.78 Å². The highest BCUT2D eigenvalue weighted by molar-refractivity contribution is 6.15. The lowest BCUT2D eigenvalue weighted by Crippen LogP contribution is -2.41. The first kappa shape index (κ1) is 20.3. The molecule has 0 aliphatic carbocycles. The molecule has 0 bridgehead atoms. The maximum absolute atomic E-state index is 13.1. The number of carbonyl (C=O) groups excluding carboxylic acids is 3. The maximum Gasteiger partial charge on any atom is 0.306 e. The van der Waals surface area contributed by atoms with Crippen LogP contribution in [0.1, 0.15) is 24.0 Å². The van der Waals surface area contributed by atoms with Crippen LogP contribution in [0, 0.1) is 0 Å². The number of amides is 1. The van der Waals surface area contributed by atoms with Crippen molar-refractivity contribution in [2.75, 3.05) is 20.2 Å². The van der Waals surface area contributed by atoms with Gasteiger partial charge in [0.05, 0.1) is 13.5 Å². The van der Waals surface area contributed by atoms with Gasteiger partial charge in [0.1, 0.15) is 0 Å². The normalized spacial score (nSPS) is 16.9. The molecule has 0 saturated carbocycles. The van der Waals surface area contributed by atoms with Gasteiger partial charge in [-0.15, -0.1) is 0 Å². The van der Waals surface area contributed by atoms with Gasteiger partial charge in [-0.05, 0) is 23.3 Å². The van der Waals surface area contributed by atoms with Crippen molar-refractivity contribution in [2.45, 2.75) is 12.8 Å². The number of rotatable bonds is 5. The van der Waals surface area contributed by atoms with Gasteiger partial charge >= 0.3 is 5.97 Å². The molecule has 2 aromatic rings. The van der Waals surface area contributed by atoms with Crippen molar-refractivity contribution in [3.63, 3.8) is 0 Å². The van der Waals surface area contributed by atoms with Gasteiger partial charge in [-0.3, -0.25) is 14.4 Å². The van der Waals surface area contributed by atoms with E-state index in [1.165, 1.54) is 7.11 Å². The van der Waals surface area contributed by atoms with Crippen LogP contribution >= 0.6 is 0 Å². The van der Waals surface area contributed by atoms with Gasteiger partial charge in [-0.1, -0.05) is 60.7 Å². The SMILES string of the molecule is COC(=O)CCC(=O)N1C/C(=C/c2ccccc2)C(=O)/C(=C/c2ccccc2)C1. The molecule has 1 saturated heterocycles. The second kappa shape index (κ2) is 9.64. The number of Topliss-reactive ketones (excluding diaryl/α,β-unsaturated/α-hetero) is 1. The molecule has 29 heavy (non-hydrogen) atoms. The first-order chi connectivity index (χ1) is 14.1. The summed E-state index contributed by atoms with van der Waals surface area (Å²) >= 11 is 0. The number of carbonyl (C=O) groups is 3. The first-order valence-electron chi connectivity index (χ1n) is 9.47.